The van der Waals surface area contributed by atoms with Gasteiger partial charge in [-0.2, -0.15) is 13.2 Å². The summed E-state index contributed by atoms with van der Waals surface area (Å²) in [6.07, 6.45) is -3.95. The van der Waals surface area contributed by atoms with E-state index in [2.05, 4.69) is 19.2 Å². The second-order valence-electron chi connectivity index (χ2n) is 5.18. The van der Waals surface area contributed by atoms with Crippen LogP contribution >= 0.6 is 21.6 Å². The van der Waals surface area contributed by atoms with Gasteiger partial charge in [0, 0.05) is 24.7 Å². The Kier molecular flexibility index (Phi) is 16.7. The number of hydrogen-bond acceptors (Lipinski definition) is 6. The van der Waals surface area contributed by atoms with Crippen LogP contribution in [-0.4, -0.2) is 65.5 Å². The minimum Gasteiger partial charge on any atom is -0.481 e. The van der Waals surface area contributed by atoms with E-state index in [0.29, 0.717) is 24.8 Å². The van der Waals surface area contributed by atoms with Gasteiger partial charge in [0.2, 0.25) is 5.91 Å². The molecular weight excluding hydrogens is 399 g/mol. The Morgan fingerprint density at radius 3 is 2.12 bits per heavy atom. The highest BCUT2D eigenvalue weighted by molar-refractivity contribution is 8.76. The minimum atomic E-state index is -5.08. The predicted molar refractivity (Wildman–Crippen MR) is 94.1 cm³/mol. The second-order valence-corrected chi connectivity index (χ2v) is 7.88. The van der Waals surface area contributed by atoms with E-state index in [4.69, 9.17) is 19.7 Å². The van der Waals surface area contributed by atoms with Gasteiger partial charge >= 0.3 is 18.1 Å². The summed E-state index contributed by atoms with van der Waals surface area (Å²) in [7, 11) is 3.08. The summed E-state index contributed by atoms with van der Waals surface area (Å²) < 4.78 is 37.0. The van der Waals surface area contributed by atoms with E-state index in [1.807, 2.05) is 0 Å². The van der Waals surface area contributed by atoms with Crippen molar-refractivity contribution in [3.05, 3.63) is 0 Å². The highest BCUT2D eigenvalue weighted by Gasteiger charge is 2.38. The molecule has 0 aliphatic carbocycles. The van der Waals surface area contributed by atoms with Gasteiger partial charge in [0.25, 0.3) is 0 Å². The number of carboxylic acids is 2. The lowest BCUT2D eigenvalue weighted by atomic mass is 10.1. The topological polar surface area (TPSA) is 113 Å². The molecular formula is C14H24F3NO6S2. The molecule has 0 bridgehead atoms. The van der Waals surface area contributed by atoms with E-state index in [0.717, 1.165) is 12.2 Å². The fourth-order valence-corrected chi connectivity index (χ4v) is 2.90. The molecule has 0 aromatic carbocycles. The number of hydrogen-bond donors (Lipinski definition) is 3. The summed E-state index contributed by atoms with van der Waals surface area (Å²) in [5, 5.41) is 18.3. The van der Waals surface area contributed by atoms with Gasteiger partial charge in [-0.05, 0) is 12.3 Å². The maximum Gasteiger partial charge on any atom is 0.490 e. The molecule has 0 atom stereocenters. The van der Waals surface area contributed by atoms with Crippen molar-refractivity contribution in [3.8, 4) is 0 Å². The molecule has 12 heteroatoms. The Labute approximate surface area is 157 Å². The predicted octanol–water partition coefficient (Wildman–Crippen LogP) is 2.65. The average molecular weight is 423 g/mol. The third kappa shape index (κ3) is 22.9. The molecule has 7 nitrogen and oxygen atoms in total. The third-order valence-electron chi connectivity index (χ3n) is 2.31. The van der Waals surface area contributed by atoms with Crippen LogP contribution in [0.1, 0.15) is 26.7 Å². The summed E-state index contributed by atoms with van der Waals surface area (Å²) in [6.45, 7) is 5.54. The summed E-state index contributed by atoms with van der Waals surface area (Å²) in [4.78, 5) is 30.5. The summed E-state index contributed by atoms with van der Waals surface area (Å²) in [6, 6.07) is 0. The van der Waals surface area contributed by atoms with Crippen molar-refractivity contribution in [2.45, 2.75) is 32.9 Å². The Hall–Kier alpha value is -1.14. The van der Waals surface area contributed by atoms with Crippen molar-refractivity contribution in [1.82, 2.24) is 5.32 Å². The highest BCUT2D eigenvalue weighted by atomic mass is 33.1. The lowest BCUT2D eigenvalue weighted by Crippen LogP contribution is -2.29. The Morgan fingerprint density at radius 1 is 1.12 bits per heavy atom. The van der Waals surface area contributed by atoms with Gasteiger partial charge in [0.1, 0.15) is 6.61 Å². The first-order valence-electron chi connectivity index (χ1n) is 7.57. The van der Waals surface area contributed by atoms with E-state index >= 15 is 0 Å². The van der Waals surface area contributed by atoms with Crippen LogP contribution < -0.4 is 5.32 Å². The first kappa shape index (κ1) is 27.1. The normalized spacial score (nSPS) is 10.8. The molecule has 0 saturated heterocycles. The first-order chi connectivity index (χ1) is 12.0. The SMILES string of the molecule is CC(C)CCOCC(=O)NCCSSCCC(=O)O.O=C(O)C(F)(F)F. The molecule has 0 aliphatic rings. The van der Waals surface area contributed by atoms with Crippen molar-refractivity contribution in [2.75, 3.05) is 31.3 Å². The number of aliphatic carboxylic acids is 2. The fourth-order valence-electron chi connectivity index (χ4n) is 1.01. The number of rotatable bonds is 12. The second kappa shape index (κ2) is 16.1. The molecule has 0 radical (unpaired) electrons. The summed E-state index contributed by atoms with van der Waals surface area (Å²) >= 11 is 0. The zero-order valence-corrected chi connectivity index (χ0v) is 16.1. The number of carbonyl (C=O) groups is 3. The standard InChI is InChI=1S/C12H23NO4S2.C2HF3O2/c1-10(2)3-6-17-9-11(14)13-5-8-19-18-7-4-12(15)16;3-2(4,5)1(6)7/h10H,3-9H2,1-2H3,(H,13,14)(H,15,16);(H,6,7). The lowest BCUT2D eigenvalue weighted by Gasteiger charge is -2.07. The largest absolute Gasteiger partial charge is 0.490 e. The van der Waals surface area contributed by atoms with E-state index in [1.54, 1.807) is 10.8 Å². The van der Waals surface area contributed by atoms with Gasteiger partial charge < -0.3 is 20.3 Å². The molecule has 0 aromatic rings. The number of halogens is 3. The van der Waals surface area contributed by atoms with E-state index < -0.39 is 18.1 Å². The third-order valence-corrected chi connectivity index (χ3v) is 4.71. The monoisotopic (exact) mass is 423 g/mol. The van der Waals surface area contributed by atoms with E-state index in [9.17, 15) is 22.8 Å². The van der Waals surface area contributed by atoms with Crippen LogP contribution in [0.2, 0.25) is 0 Å². The summed E-state index contributed by atoms with van der Waals surface area (Å²) in [5.41, 5.74) is 0. The van der Waals surface area contributed by atoms with Crippen LogP contribution in [0.25, 0.3) is 0 Å². The highest BCUT2D eigenvalue weighted by Crippen LogP contribution is 2.20. The zero-order chi connectivity index (χ0) is 20.6. The van der Waals surface area contributed by atoms with Crippen LogP contribution in [0.3, 0.4) is 0 Å². The molecule has 26 heavy (non-hydrogen) atoms. The molecule has 0 saturated carbocycles. The van der Waals surface area contributed by atoms with Gasteiger partial charge in [-0.1, -0.05) is 35.4 Å². The van der Waals surface area contributed by atoms with Gasteiger partial charge in [-0.25, -0.2) is 4.79 Å². The Balaban J connectivity index is 0. The Bertz CT molecular complexity index is 422. The van der Waals surface area contributed by atoms with Crippen LogP contribution in [0.15, 0.2) is 0 Å². The van der Waals surface area contributed by atoms with Crippen molar-refractivity contribution in [2.24, 2.45) is 5.92 Å². The quantitative estimate of drug-likeness (QED) is 0.324. The number of carboxylic acid groups (broad SMARTS) is 2. The molecule has 1 amide bonds. The van der Waals surface area contributed by atoms with Crippen molar-refractivity contribution < 1.29 is 42.5 Å². The number of carbonyl (C=O) groups excluding carboxylic acids is 1. The number of nitrogens with one attached hydrogen (secondary N) is 1. The first-order valence-corrected chi connectivity index (χ1v) is 10.1. The van der Waals surface area contributed by atoms with Gasteiger partial charge in [0.05, 0.1) is 6.42 Å². The van der Waals surface area contributed by atoms with Crippen molar-refractivity contribution in [1.29, 1.82) is 0 Å². The molecule has 154 valence electrons. The molecule has 3 N–H and O–H groups in total. The zero-order valence-electron chi connectivity index (χ0n) is 14.5. The van der Waals surface area contributed by atoms with Gasteiger partial charge in [-0.15, -0.1) is 0 Å². The molecule has 0 fully saturated rings. The lowest BCUT2D eigenvalue weighted by molar-refractivity contribution is -0.192. The smallest absolute Gasteiger partial charge is 0.481 e. The number of ether oxygens (including phenoxy) is 1. The Morgan fingerprint density at radius 2 is 1.65 bits per heavy atom. The number of alkyl halides is 3. The van der Waals surface area contributed by atoms with Crippen molar-refractivity contribution in [3.63, 3.8) is 0 Å². The van der Waals surface area contributed by atoms with Gasteiger partial charge in [0.15, 0.2) is 0 Å². The molecule has 0 unspecified atom stereocenters. The maximum atomic E-state index is 11.3. The van der Waals surface area contributed by atoms with Crippen LogP contribution in [-0.2, 0) is 19.1 Å². The van der Waals surface area contributed by atoms with Crippen LogP contribution in [0, 0.1) is 5.92 Å². The summed E-state index contributed by atoms with van der Waals surface area (Å²) in [5.74, 6) is -1.69. The molecule has 0 rings (SSSR count). The molecule has 0 spiro atoms. The molecule has 0 aromatic heterocycles. The molecule has 0 heterocycles. The van der Waals surface area contributed by atoms with E-state index in [-0.39, 0.29) is 18.9 Å². The molecule has 0 aliphatic heterocycles. The van der Waals surface area contributed by atoms with Gasteiger partial charge in [-0.3, -0.25) is 9.59 Å². The van der Waals surface area contributed by atoms with E-state index in [1.165, 1.54) is 10.8 Å². The minimum absolute atomic E-state index is 0.0973. The number of amides is 1. The average Bonchev–Trinajstić information content (AvgIpc) is 2.49. The maximum absolute atomic E-state index is 11.3. The van der Waals surface area contributed by atoms with Crippen molar-refractivity contribution >= 4 is 39.4 Å². The van der Waals surface area contributed by atoms with Crippen LogP contribution in [0.4, 0.5) is 13.2 Å². The van der Waals surface area contributed by atoms with Crippen LogP contribution in [0.5, 0.6) is 0 Å². The fraction of sp³-hybridized carbons (Fsp3) is 0.786.